The zero-order chi connectivity index (χ0) is 19.4. The van der Waals surface area contributed by atoms with Crippen molar-refractivity contribution in [1.29, 1.82) is 5.26 Å². The minimum absolute atomic E-state index is 0.00438. The summed E-state index contributed by atoms with van der Waals surface area (Å²) in [5.74, 6) is 0. The van der Waals surface area contributed by atoms with Gasteiger partial charge in [-0.1, -0.05) is 30.3 Å². The molecular weight excluding hydrogens is 351 g/mol. The van der Waals surface area contributed by atoms with Gasteiger partial charge in [-0.15, -0.1) is 0 Å². The Labute approximate surface area is 156 Å². The molecule has 3 nitrogen and oxygen atoms in total. The highest BCUT2D eigenvalue weighted by Gasteiger charge is 2.33. The molecule has 0 atom stereocenters. The second kappa shape index (κ2) is 7.85. The monoisotopic (exact) mass is 371 g/mol. The average Bonchev–Trinajstić information content (AvgIpc) is 2.67. The first-order valence-corrected chi connectivity index (χ1v) is 8.70. The van der Waals surface area contributed by atoms with Crippen molar-refractivity contribution in [2.24, 2.45) is 0 Å². The average molecular weight is 371 g/mol. The highest BCUT2D eigenvalue weighted by atomic mass is 19.4. The van der Waals surface area contributed by atoms with Crippen molar-refractivity contribution >= 4 is 17.3 Å². The molecule has 0 saturated carbocycles. The first-order valence-electron chi connectivity index (χ1n) is 8.70. The summed E-state index contributed by atoms with van der Waals surface area (Å²) < 4.78 is 39.7. The topological polar surface area (TPSA) is 30.3 Å². The molecule has 27 heavy (non-hydrogen) atoms. The van der Waals surface area contributed by atoms with E-state index in [4.69, 9.17) is 0 Å². The minimum Gasteiger partial charge on any atom is -0.369 e. The lowest BCUT2D eigenvalue weighted by Gasteiger charge is -2.34. The minimum atomic E-state index is -4.50. The van der Waals surface area contributed by atoms with Crippen molar-refractivity contribution in [3.63, 3.8) is 0 Å². The SMILES string of the molecule is CN1CCN(c2ccc(/C=C(\C#N)c3ccccc3C(F)(F)F)cc2)CC1. The molecule has 140 valence electrons. The molecule has 0 radical (unpaired) electrons. The lowest BCUT2D eigenvalue weighted by Crippen LogP contribution is -2.44. The number of rotatable bonds is 3. The molecule has 0 amide bonds. The number of hydrogen-bond acceptors (Lipinski definition) is 3. The van der Waals surface area contributed by atoms with Crippen LogP contribution in [0.1, 0.15) is 16.7 Å². The molecule has 0 spiro atoms. The van der Waals surface area contributed by atoms with Gasteiger partial charge in [0, 0.05) is 37.4 Å². The Morgan fingerprint density at radius 2 is 1.63 bits per heavy atom. The predicted molar refractivity (Wildman–Crippen MR) is 101 cm³/mol. The summed E-state index contributed by atoms with van der Waals surface area (Å²) in [5, 5.41) is 9.42. The number of benzene rings is 2. The maximum absolute atomic E-state index is 13.2. The van der Waals surface area contributed by atoms with Crippen LogP contribution >= 0.6 is 0 Å². The lowest BCUT2D eigenvalue weighted by molar-refractivity contribution is -0.137. The van der Waals surface area contributed by atoms with Crippen LogP contribution in [0.4, 0.5) is 18.9 Å². The second-order valence-electron chi connectivity index (χ2n) is 6.60. The molecular formula is C21H20F3N3. The first kappa shape index (κ1) is 19.0. The van der Waals surface area contributed by atoms with Gasteiger partial charge in [-0.3, -0.25) is 0 Å². The van der Waals surface area contributed by atoms with Crippen molar-refractivity contribution in [3.8, 4) is 6.07 Å². The predicted octanol–water partition coefficient (Wildman–Crippen LogP) is 4.52. The third kappa shape index (κ3) is 4.50. The summed E-state index contributed by atoms with van der Waals surface area (Å²) in [5.41, 5.74) is 0.869. The number of allylic oxidation sites excluding steroid dienone is 1. The quantitative estimate of drug-likeness (QED) is 0.587. The van der Waals surface area contributed by atoms with Gasteiger partial charge >= 0.3 is 6.18 Å². The molecule has 1 fully saturated rings. The fraction of sp³-hybridized carbons (Fsp3) is 0.286. The molecule has 0 unspecified atom stereocenters. The maximum Gasteiger partial charge on any atom is 0.417 e. The van der Waals surface area contributed by atoms with Crippen LogP contribution in [0.2, 0.25) is 0 Å². The van der Waals surface area contributed by atoms with Crippen molar-refractivity contribution in [1.82, 2.24) is 4.90 Å². The highest BCUT2D eigenvalue weighted by Crippen LogP contribution is 2.35. The van der Waals surface area contributed by atoms with E-state index in [-0.39, 0.29) is 11.1 Å². The standard InChI is InChI=1S/C21H20F3N3/c1-26-10-12-27(13-11-26)18-8-6-16(7-9-18)14-17(15-25)19-4-2-3-5-20(19)21(22,23)24/h2-9,14H,10-13H2,1H3/b17-14+. The number of piperazine rings is 1. The Morgan fingerprint density at radius 3 is 2.22 bits per heavy atom. The van der Waals surface area contributed by atoms with Gasteiger partial charge in [-0.05, 0) is 36.9 Å². The summed E-state index contributed by atoms with van der Waals surface area (Å²) in [6, 6.07) is 14.6. The van der Waals surface area contributed by atoms with Crippen LogP contribution in [0.15, 0.2) is 48.5 Å². The Balaban J connectivity index is 1.86. The Hall–Kier alpha value is -2.78. The molecule has 6 heteroatoms. The van der Waals surface area contributed by atoms with Crippen LogP contribution in [-0.4, -0.2) is 38.1 Å². The summed E-state index contributed by atoms with van der Waals surface area (Å²) in [6.45, 7) is 3.87. The molecule has 1 aliphatic rings. The fourth-order valence-corrected chi connectivity index (χ4v) is 3.15. The van der Waals surface area contributed by atoms with E-state index in [0.29, 0.717) is 5.56 Å². The Kier molecular flexibility index (Phi) is 5.52. The molecule has 2 aromatic rings. The summed E-state index contributed by atoms with van der Waals surface area (Å²) in [6.07, 6.45) is -3.00. The smallest absolute Gasteiger partial charge is 0.369 e. The number of hydrogen-bond donors (Lipinski definition) is 0. The Bertz CT molecular complexity index is 855. The number of alkyl halides is 3. The fourth-order valence-electron chi connectivity index (χ4n) is 3.15. The zero-order valence-corrected chi connectivity index (χ0v) is 15.0. The van der Waals surface area contributed by atoms with Crippen LogP contribution in [-0.2, 0) is 6.18 Å². The number of anilines is 1. The van der Waals surface area contributed by atoms with Gasteiger partial charge < -0.3 is 9.80 Å². The van der Waals surface area contributed by atoms with E-state index in [0.717, 1.165) is 37.9 Å². The largest absolute Gasteiger partial charge is 0.417 e. The molecule has 1 aliphatic heterocycles. The molecule has 3 rings (SSSR count). The van der Waals surface area contributed by atoms with Crippen molar-refractivity contribution in [3.05, 3.63) is 65.2 Å². The molecule has 0 bridgehead atoms. The van der Waals surface area contributed by atoms with Gasteiger partial charge in [0.1, 0.15) is 0 Å². The van der Waals surface area contributed by atoms with Gasteiger partial charge in [0.05, 0.1) is 17.2 Å². The molecule has 0 aliphatic carbocycles. The number of nitriles is 1. The lowest BCUT2D eigenvalue weighted by atomic mass is 9.98. The summed E-state index contributed by atoms with van der Waals surface area (Å²) in [7, 11) is 2.09. The molecule has 1 saturated heterocycles. The Morgan fingerprint density at radius 1 is 1.00 bits per heavy atom. The molecule has 1 heterocycles. The van der Waals surface area contributed by atoms with Gasteiger partial charge in [-0.25, -0.2) is 0 Å². The maximum atomic E-state index is 13.2. The van der Waals surface area contributed by atoms with E-state index in [2.05, 4.69) is 16.8 Å². The van der Waals surface area contributed by atoms with Crippen LogP contribution in [0.25, 0.3) is 11.6 Å². The molecule has 2 aromatic carbocycles. The van der Waals surface area contributed by atoms with Crippen molar-refractivity contribution < 1.29 is 13.2 Å². The van der Waals surface area contributed by atoms with E-state index in [9.17, 15) is 18.4 Å². The molecule has 0 N–H and O–H groups in total. The van der Waals surface area contributed by atoms with E-state index in [1.54, 1.807) is 0 Å². The van der Waals surface area contributed by atoms with Crippen molar-refractivity contribution in [2.45, 2.75) is 6.18 Å². The zero-order valence-electron chi connectivity index (χ0n) is 15.0. The number of nitrogens with zero attached hydrogens (tertiary/aromatic N) is 3. The first-order chi connectivity index (χ1) is 12.9. The van der Waals surface area contributed by atoms with Gasteiger partial charge in [0.15, 0.2) is 0 Å². The van der Waals surface area contributed by atoms with Crippen LogP contribution in [0.3, 0.4) is 0 Å². The normalized spacial score (nSPS) is 16.3. The molecule has 0 aromatic heterocycles. The van der Waals surface area contributed by atoms with E-state index < -0.39 is 11.7 Å². The summed E-state index contributed by atoms with van der Waals surface area (Å²) in [4.78, 5) is 4.54. The van der Waals surface area contributed by atoms with E-state index in [1.807, 2.05) is 30.3 Å². The third-order valence-corrected chi connectivity index (χ3v) is 4.72. The van der Waals surface area contributed by atoms with E-state index in [1.165, 1.54) is 24.3 Å². The second-order valence-corrected chi connectivity index (χ2v) is 6.60. The van der Waals surface area contributed by atoms with Gasteiger partial charge in [0.2, 0.25) is 0 Å². The van der Waals surface area contributed by atoms with E-state index >= 15 is 0 Å². The van der Waals surface area contributed by atoms with Gasteiger partial charge in [0.25, 0.3) is 0 Å². The van der Waals surface area contributed by atoms with Crippen LogP contribution in [0.5, 0.6) is 0 Å². The number of halogens is 3. The van der Waals surface area contributed by atoms with Gasteiger partial charge in [-0.2, -0.15) is 18.4 Å². The van der Waals surface area contributed by atoms with Crippen molar-refractivity contribution in [2.75, 3.05) is 38.1 Å². The summed E-state index contributed by atoms with van der Waals surface area (Å²) >= 11 is 0. The van der Waals surface area contributed by atoms with Crippen LogP contribution < -0.4 is 4.90 Å². The highest BCUT2D eigenvalue weighted by molar-refractivity contribution is 5.91. The third-order valence-electron chi connectivity index (χ3n) is 4.72. The number of likely N-dealkylation sites (N-methyl/N-ethyl adjacent to an activating group) is 1. The van der Waals surface area contributed by atoms with Crippen LogP contribution in [0, 0.1) is 11.3 Å².